The van der Waals surface area contributed by atoms with E-state index in [9.17, 15) is 23.1 Å². The number of hydrogen-bond donors (Lipinski definition) is 3. The van der Waals surface area contributed by atoms with Crippen molar-refractivity contribution < 1.29 is 23.1 Å². The van der Waals surface area contributed by atoms with Crippen LogP contribution in [0.5, 0.6) is 0 Å². The zero-order valence-corrected chi connectivity index (χ0v) is 17.4. The number of rotatable bonds is 5. The van der Waals surface area contributed by atoms with Gasteiger partial charge in [0.2, 0.25) is 5.91 Å². The summed E-state index contributed by atoms with van der Waals surface area (Å²) in [6.07, 6.45) is -4.06. The molecule has 1 aromatic carbocycles. The van der Waals surface area contributed by atoms with E-state index in [2.05, 4.69) is 15.7 Å². The third-order valence-electron chi connectivity index (χ3n) is 4.64. The van der Waals surface area contributed by atoms with E-state index in [0.29, 0.717) is 22.6 Å². The highest BCUT2D eigenvalue weighted by Gasteiger charge is 2.30. The van der Waals surface area contributed by atoms with Gasteiger partial charge < -0.3 is 15.7 Å². The van der Waals surface area contributed by atoms with Crippen molar-refractivity contribution >= 4 is 34.7 Å². The van der Waals surface area contributed by atoms with Crippen LogP contribution >= 0.6 is 22.9 Å². The van der Waals surface area contributed by atoms with Gasteiger partial charge in [-0.25, -0.2) is 4.68 Å². The second-order valence-electron chi connectivity index (χ2n) is 6.81. The molecule has 1 aliphatic rings. The predicted molar refractivity (Wildman–Crippen MR) is 112 cm³/mol. The van der Waals surface area contributed by atoms with Gasteiger partial charge in [0.15, 0.2) is 11.4 Å². The van der Waals surface area contributed by atoms with Gasteiger partial charge in [-0.2, -0.15) is 18.3 Å². The monoisotopic (exact) mass is 468 g/mol. The standard InChI is InChI=1S/C20H16ClF3N4O2S/c21-18-17(14-2-1-7-31-14)19-26-13(9-16(30)28(19)27-18)10-25-15(29)8-11-3-5-12(6-4-11)20(22,23)24/h1-7,9,16,26,30H,8,10H2,(H,25,29). The van der Waals surface area contributed by atoms with Gasteiger partial charge in [0.1, 0.15) is 5.82 Å². The minimum atomic E-state index is -4.42. The summed E-state index contributed by atoms with van der Waals surface area (Å²) in [6, 6.07) is 8.20. The Morgan fingerprint density at radius 1 is 1.29 bits per heavy atom. The van der Waals surface area contributed by atoms with E-state index in [1.54, 1.807) is 0 Å². The Hall–Kier alpha value is -2.82. The van der Waals surface area contributed by atoms with Crippen molar-refractivity contribution in [2.24, 2.45) is 0 Å². The van der Waals surface area contributed by atoms with Crippen molar-refractivity contribution in [2.45, 2.75) is 18.8 Å². The van der Waals surface area contributed by atoms with Crippen LogP contribution in [-0.4, -0.2) is 27.3 Å². The van der Waals surface area contributed by atoms with E-state index in [0.717, 1.165) is 17.0 Å². The molecule has 0 bridgehead atoms. The lowest BCUT2D eigenvalue weighted by molar-refractivity contribution is -0.137. The quantitative estimate of drug-likeness (QED) is 0.517. The Kier molecular flexibility index (Phi) is 5.78. The zero-order chi connectivity index (χ0) is 22.2. The molecule has 2 aromatic heterocycles. The average Bonchev–Trinajstić information content (AvgIpc) is 3.33. The fraction of sp³-hybridized carbons (Fsp3) is 0.200. The number of carbonyl (C=O) groups is 1. The SMILES string of the molecule is O=C(Cc1ccc(C(F)(F)F)cc1)NCC1=CC(O)n2nc(Cl)c(-c3cccs3)c2N1. The number of hydrogen-bond acceptors (Lipinski definition) is 5. The van der Waals surface area contributed by atoms with Crippen LogP contribution in [0, 0.1) is 0 Å². The van der Waals surface area contributed by atoms with Crippen molar-refractivity contribution in [3.8, 4) is 10.4 Å². The number of amides is 1. The van der Waals surface area contributed by atoms with E-state index in [1.165, 1.54) is 34.2 Å². The summed E-state index contributed by atoms with van der Waals surface area (Å²) in [5.74, 6) is 0.141. The smallest absolute Gasteiger partial charge is 0.368 e. The van der Waals surface area contributed by atoms with Gasteiger partial charge in [-0.15, -0.1) is 11.3 Å². The molecular formula is C20H16ClF3N4O2S. The Labute approximate surface area is 184 Å². The number of thiophene rings is 1. The number of aliphatic hydroxyl groups excluding tert-OH is 1. The number of aromatic nitrogens is 2. The molecule has 0 saturated carbocycles. The number of benzene rings is 1. The minimum absolute atomic E-state index is 0.0713. The van der Waals surface area contributed by atoms with E-state index in [-0.39, 0.29) is 24.0 Å². The summed E-state index contributed by atoms with van der Waals surface area (Å²) in [7, 11) is 0. The number of nitrogens with one attached hydrogen (secondary N) is 2. The van der Waals surface area contributed by atoms with Gasteiger partial charge in [-0.3, -0.25) is 4.79 Å². The molecular weight excluding hydrogens is 453 g/mol. The maximum atomic E-state index is 12.6. The highest BCUT2D eigenvalue weighted by molar-refractivity contribution is 7.13. The van der Waals surface area contributed by atoms with Crippen LogP contribution in [0.3, 0.4) is 0 Å². The molecule has 0 saturated heterocycles. The first-order valence-electron chi connectivity index (χ1n) is 9.13. The third-order valence-corrected chi connectivity index (χ3v) is 5.79. The Balaban J connectivity index is 1.40. The van der Waals surface area contributed by atoms with Crippen molar-refractivity contribution in [3.63, 3.8) is 0 Å². The van der Waals surface area contributed by atoms with Gasteiger partial charge in [0.25, 0.3) is 0 Å². The van der Waals surface area contributed by atoms with Crippen molar-refractivity contribution in [3.05, 3.63) is 69.8 Å². The summed E-state index contributed by atoms with van der Waals surface area (Å²) in [5.41, 5.74) is 0.882. The Morgan fingerprint density at radius 3 is 2.68 bits per heavy atom. The van der Waals surface area contributed by atoms with Crippen LogP contribution in [0.2, 0.25) is 5.15 Å². The number of aliphatic hydroxyl groups is 1. The molecule has 1 aliphatic heterocycles. The van der Waals surface area contributed by atoms with Crippen LogP contribution < -0.4 is 10.6 Å². The summed E-state index contributed by atoms with van der Waals surface area (Å²) < 4.78 is 39.3. The first-order chi connectivity index (χ1) is 14.7. The number of halogens is 4. The highest BCUT2D eigenvalue weighted by Crippen LogP contribution is 2.40. The normalized spacial score (nSPS) is 15.8. The first kappa shape index (κ1) is 21.4. The number of carbonyl (C=O) groups excluding carboxylic acids is 1. The number of anilines is 1. The molecule has 0 spiro atoms. The van der Waals surface area contributed by atoms with E-state index in [4.69, 9.17) is 11.6 Å². The van der Waals surface area contributed by atoms with Crippen LogP contribution in [0.15, 0.2) is 53.6 Å². The number of fused-ring (bicyclic) bond motifs is 1. The molecule has 6 nitrogen and oxygen atoms in total. The Morgan fingerprint density at radius 2 is 2.03 bits per heavy atom. The summed E-state index contributed by atoms with van der Waals surface area (Å²) in [5, 5.41) is 22.5. The van der Waals surface area contributed by atoms with Crippen molar-refractivity contribution in [1.29, 1.82) is 0 Å². The molecule has 1 amide bonds. The molecule has 31 heavy (non-hydrogen) atoms. The number of alkyl halides is 3. The van der Waals surface area contributed by atoms with Crippen molar-refractivity contribution in [1.82, 2.24) is 15.1 Å². The van der Waals surface area contributed by atoms with Crippen molar-refractivity contribution in [2.75, 3.05) is 11.9 Å². The fourth-order valence-corrected chi connectivity index (χ4v) is 4.26. The number of nitrogens with zero attached hydrogens (tertiary/aromatic N) is 2. The van der Waals surface area contributed by atoms with Gasteiger partial charge in [0, 0.05) is 10.6 Å². The Bertz CT molecular complexity index is 1120. The second kappa shape index (κ2) is 8.37. The summed E-state index contributed by atoms with van der Waals surface area (Å²) >= 11 is 7.73. The van der Waals surface area contributed by atoms with Gasteiger partial charge >= 0.3 is 6.18 Å². The highest BCUT2D eigenvalue weighted by atomic mass is 35.5. The zero-order valence-electron chi connectivity index (χ0n) is 15.8. The largest absolute Gasteiger partial charge is 0.416 e. The lowest BCUT2D eigenvalue weighted by Gasteiger charge is -2.22. The molecule has 1 unspecified atom stereocenters. The molecule has 1 atom stereocenters. The molecule has 3 heterocycles. The molecule has 11 heteroatoms. The molecule has 0 aliphatic carbocycles. The van der Waals surface area contributed by atoms with E-state index in [1.807, 2.05) is 17.5 Å². The van der Waals surface area contributed by atoms with E-state index >= 15 is 0 Å². The summed E-state index contributed by atoms with van der Waals surface area (Å²) in [6.45, 7) is 0.0865. The van der Waals surface area contributed by atoms with Crippen LogP contribution in [-0.2, 0) is 17.4 Å². The van der Waals surface area contributed by atoms with Gasteiger partial charge in [-0.1, -0.05) is 29.8 Å². The third kappa shape index (κ3) is 4.60. The van der Waals surface area contributed by atoms with Crippen LogP contribution in [0.1, 0.15) is 17.4 Å². The van der Waals surface area contributed by atoms with Gasteiger partial charge in [-0.05, 0) is 35.2 Å². The lowest BCUT2D eigenvalue weighted by Crippen LogP contribution is -2.31. The summed E-state index contributed by atoms with van der Waals surface area (Å²) in [4.78, 5) is 13.1. The topological polar surface area (TPSA) is 79.2 Å². The van der Waals surface area contributed by atoms with Gasteiger partial charge in [0.05, 0.1) is 24.1 Å². The maximum absolute atomic E-state index is 12.6. The first-order valence-corrected chi connectivity index (χ1v) is 10.4. The fourth-order valence-electron chi connectivity index (χ4n) is 3.16. The lowest BCUT2D eigenvalue weighted by atomic mass is 10.1. The average molecular weight is 469 g/mol. The predicted octanol–water partition coefficient (Wildman–Crippen LogP) is 4.44. The van der Waals surface area contributed by atoms with Crippen LogP contribution in [0.25, 0.3) is 10.4 Å². The molecule has 162 valence electrons. The molecule has 0 fully saturated rings. The molecule has 4 rings (SSSR count). The molecule has 3 N–H and O–H groups in total. The van der Waals surface area contributed by atoms with E-state index < -0.39 is 18.0 Å². The molecule has 0 radical (unpaired) electrons. The second-order valence-corrected chi connectivity index (χ2v) is 8.12. The van der Waals surface area contributed by atoms with Crippen LogP contribution in [0.4, 0.5) is 19.0 Å². The molecule has 3 aromatic rings. The minimum Gasteiger partial charge on any atom is -0.368 e. The maximum Gasteiger partial charge on any atom is 0.416 e.